The van der Waals surface area contributed by atoms with Crippen LogP contribution in [0, 0.1) is 6.92 Å². The lowest BCUT2D eigenvalue weighted by molar-refractivity contribution is 0.265. The molecule has 0 aliphatic carbocycles. The number of aromatic nitrogens is 3. The Morgan fingerprint density at radius 2 is 2.05 bits per heavy atom. The van der Waals surface area contributed by atoms with Crippen LogP contribution in [0.4, 0.5) is 0 Å². The van der Waals surface area contributed by atoms with E-state index in [0.29, 0.717) is 11.9 Å². The van der Waals surface area contributed by atoms with Gasteiger partial charge in [-0.1, -0.05) is 0 Å². The first-order valence-electron chi connectivity index (χ1n) is 7.12. The summed E-state index contributed by atoms with van der Waals surface area (Å²) in [5.41, 5.74) is 2.90. The Hall–Kier alpha value is -1.13. The van der Waals surface area contributed by atoms with Crippen molar-refractivity contribution in [1.82, 2.24) is 19.4 Å². The van der Waals surface area contributed by atoms with Crippen molar-refractivity contribution >= 4 is 22.8 Å². The number of alkyl halides is 1. The molecule has 5 heteroatoms. The van der Waals surface area contributed by atoms with E-state index in [4.69, 9.17) is 11.6 Å². The first kappa shape index (κ1) is 15.3. The minimum absolute atomic E-state index is 0.426. The van der Waals surface area contributed by atoms with Crippen molar-refractivity contribution in [2.75, 3.05) is 13.6 Å². The first-order chi connectivity index (χ1) is 9.52. The largest absolute Gasteiger partial charge is 0.312 e. The zero-order valence-corrected chi connectivity index (χ0v) is 13.5. The summed E-state index contributed by atoms with van der Waals surface area (Å²) in [5, 5.41) is 0. The Bertz CT molecular complexity index is 577. The van der Waals surface area contributed by atoms with E-state index in [2.05, 4.69) is 40.3 Å². The second-order valence-electron chi connectivity index (χ2n) is 5.54. The van der Waals surface area contributed by atoms with Crippen LogP contribution in [-0.2, 0) is 12.4 Å². The van der Waals surface area contributed by atoms with E-state index in [1.165, 1.54) is 0 Å². The Balaban J connectivity index is 2.17. The molecule has 2 aromatic heterocycles. The average molecular weight is 295 g/mol. The number of nitrogens with zero attached hydrogens (tertiary/aromatic N) is 4. The van der Waals surface area contributed by atoms with Crippen molar-refractivity contribution in [3.63, 3.8) is 0 Å². The van der Waals surface area contributed by atoms with Crippen molar-refractivity contribution in [2.45, 2.75) is 45.7 Å². The molecule has 0 aliphatic rings. The lowest BCUT2D eigenvalue weighted by Crippen LogP contribution is -2.28. The molecule has 0 aliphatic heterocycles. The average Bonchev–Trinajstić information content (AvgIpc) is 2.76. The highest BCUT2D eigenvalue weighted by Gasteiger charge is 2.11. The van der Waals surface area contributed by atoms with Gasteiger partial charge in [0.2, 0.25) is 0 Å². The summed E-state index contributed by atoms with van der Waals surface area (Å²) >= 11 is 6.01. The number of pyridine rings is 1. The maximum atomic E-state index is 6.01. The third-order valence-corrected chi connectivity index (χ3v) is 3.94. The van der Waals surface area contributed by atoms with Crippen LogP contribution in [0.25, 0.3) is 11.2 Å². The minimum Gasteiger partial charge on any atom is -0.312 e. The number of hydrogen-bond donors (Lipinski definition) is 0. The quantitative estimate of drug-likeness (QED) is 0.767. The van der Waals surface area contributed by atoms with Gasteiger partial charge in [0, 0.05) is 18.3 Å². The van der Waals surface area contributed by atoms with Crippen LogP contribution >= 0.6 is 11.6 Å². The van der Waals surface area contributed by atoms with Gasteiger partial charge in [0.15, 0.2) is 5.65 Å². The molecule has 0 N–H and O–H groups in total. The third kappa shape index (κ3) is 3.30. The third-order valence-electron chi connectivity index (χ3n) is 3.70. The molecule has 0 saturated carbocycles. The normalized spacial score (nSPS) is 11.9. The van der Waals surface area contributed by atoms with Crippen LogP contribution in [0.5, 0.6) is 0 Å². The van der Waals surface area contributed by atoms with Gasteiger partial charge < -0.3 is 9.47 Å². The molecule has 0 atom stereocenters. The highest BCUT2D eigenvalue weighted by atomic mass is 35.5. The van der Waals surface area contributed by atoms with Crippen molar-refractivity contribution in [3.05, 3.63) is 23.7 Å². The number of hydrogen-bond acceptors (Lipinski definition) is 3. The van der Waals surface area contributed by atoms with Gasteiger partial charge in [-0.3, -0.25) is 0 Å². The van der Waals surface area contributed by atoms with Gasteiger partial charge in [-0.25, -0.2) is 9.97 Å². The summed E-state index contributed by atoms with van der Waals surface area (Å²) in [4.78, 5) is 11.5. The van der Waals surface area contributed by atoms with Crippen LogP contribution in [0.3, 0.4) is 0 Å². The Morgan fingerprint density at radius 1 is 1.30 bits per heavy atom. The van der Waals surface area contributed by atoms with Gasteiger partial charge in [0.05, 0.1) is 5.88 Å². The van der Waals surface area contributed by atoms with Crippen LogP contribution < -0.4 is 0 Å². The molecular weight excluding hydrogens is 272 g/mol. The number of aryl methyl sites for hydroxylation is 2. The van der Waals surface area contributed by atoms with Crippen LogP contribution in [0.1, 0.15) is 31.8 Å². The molecule has 4 nitrogen and oxygen atoms in total. The fourth-order valence-corrected chi connectivity index (χ4v) is 2.42. The van der Waals surface area contributed by atoms with E-state index in [1.807, 2.05) is 19.1 Å². The molecule has 0 bridgehead atoms. The molecule has 2 aromatic rings. The van der Waals surface area contributed by atoms with Gasteiger partial charge in [0.1, 0.15) is 11.3 Å². The van der Waals surface area contributed by atoms with Gasteiger partial charge in [-0.05, 0) is 52.9 Å². The molecule has 20 heavy (non-hydrogen) atoms. The zero-order chi connectivity index (χ0) is 14.7. The van der Waals surface area contributed by atoms with E-state index in [-0.39, 0.29) is 0 Å². The summed E-state index contributed by atoms with van der Waals surface area (Å²) in [5.74, 6) is 1.34. The zero-order valence-electron chi connectivity index (χ0n) is 12.7. The molecule has 110 valence electrons. The highest BCUT2D eigenvalue weighted by Crippen LogP contribution is 2.17. The molecule has 0 spiro atoms. The van der Waals surface area contributed by atoms with E-state index in [1.54, 1.807) is 0 Å². The lowest BCUT2D eigenvalue weighted by Gasteiger charge is -2.21. The van der Waals surface area contributed by atoms with E-state index in [9.17, 15) is 0 Å². The lowest BCUT2D eigenvalue weighted by atomic mass is 10.3. The van der Waals surface area contributed by atoms with Gasteiger partial charge >= 0.3 is 0 Å². The fraction of sp³-hybridized carbons (Fsp3) is 0.600. The summed E-state index contributed by atoms with van der Waals surface area (Å²) < 4.78 is 2.16. The summed E-state index contributed by atoms with van der Waals surface area (Å²) in [6.45, 7) is 8.39. The minimum atomic E-state index is 0.426. The molecule has 0 amide bonds. The van der Waals surface area contributed by atoms with Gasteiger partial charge in [-0.15, -0.1) is 11.6 Å². The second-order valence-corrected chi connectivity index (χ2v) is 5.80. The van der Waals surface area contributed by atoms with Crippen molar-refractivity contribution < 1.29 is 0 Å². The predicted molar refractivity (Wildman–Crippen MR) is 84.2 cm³/mol. The highest BCUT2D eigenvalue weighted by molar-refractivity contribution is 6.16. The molecule has 0 radical (unpaired) electrons. The maximum Gasteiger partial charge on any atom is 0.160 e. The van der Waals surface area contributed by atoms with E-state index < -0.39 is 0 Å². The van der Waals surface area contributed by atoms with E-state index >= 15 is 0 Å². The maximum absolute atomic E-state index is 6.01. The number of imidazole rings is 1. The van der Waals surface area contributed by atoms with Crippen molar-refractivity contribution in [1.29, 1.82) is 0 Å². The smallest absolute Gasteiger partial charge is 0.160 e. The molecular formula is C15H23ClN4. The monoisotopic (exact) mass is 294 g/mol. The van der Waals surface area contributed by atoms with Crippen LogP contribution in [-0.4, -0.2) is 39.1 Å². The predicted octanol–water partition coefficient (Wildman–Crippen LogP) is 3.21. The van der Waals surface area contributed by atoms with Gasteiger partial charge in [0.25, 0.3) is 0 Å². The molecule has 0 aromatic carbocycles. The van der Waals surface area contributed by atoms with Gasteiger partial charge in [-0.2, -0.15) is 0 Å². The molecule has 0 unspecified atom stereocenters. The summed E-state index contributed by atoms with van der Waals surface area (Å²) in [6, 6.07) is 4.58. The summed E-state index contributed by atoms with van der Waals surface area (Å²) in [6.07, 6.45) is 1.07. The Kier molecular flexibility index (Phi) is 5.00. The van der Waals surface area contributed by atoms with Crippen molar-refractivity contribution in [2.24, 2.45) is 0 Å². The standard InChI is InChI=1S/C15H23ClN4/c1-11(2)19(4)8-5-9-20-14(10-16)18-13-7-6-12(3)17-15(13)20/h6-7,11H,5,8-10H2,1-4H3. The fourth-order valence-electron chi connectivity index (χ4n) is 2.22. The van der Waals surface area contributed by atoms with Crippen molar-refractivity contribution in [3.8, 4) is 0 Å². The Morgan fingerprint density at radius 3 is 2.70 bits per heavy atom. The summed E-state index contributed by atoms with van der Waals surface area (Å²) in [7, 11) is 2.15. The number of rotatable bonds is 6. The van der Waals surface area contributed by atoms with Crippen LogP contribution in [0.15, 0.2) is 12.1 Å². The number of halogens is 1. The molecule has 2 heterocycles. The molecule has 0 saturated heterocycles. The topological polar surface area (TPSA) is 34.0 Å². The second kappa shape index (κ2) is 6.55. The Labute approximate surface area is 125 Å². The molecule has 2 rings (SSSR count). The van der Waals surface area contributed by atoms with E-state index in [0.717, 1.165) is 42.2 Å². The first-order valence-corrected chi connectivity index (χ1v) is 7.65. The SMILES string of the molecule is Cc1ccc2nc(CCl)n(CCCN(C)C(C)C)c2n1. The van der Waals surface area contributed by atoms with Crippen LogP contribution in [0.2, 0.25) is 0 Å². The number of fused-ring (bicyclic) bond motifs is 1. The molecule has 0 fully saturated rings.